The Labute approximate surface area is 150 Å². The molecule has 2 aliphatic rings. The number of fused-ring (bicyclic) bond motifs is 5. The number of halogens is 1. The van der Waals surface area contributed by atoms with Gasteiger partial charge in [0.15, 0.2) is 6.10 Å². The highest BCUT2D eigenvalue weighted by Gasteiger charge is 2.47. The van der Waals surface area contributed by atoms with Gasteiger partial charge in [0, 0.05) is 11.3 Å². The lowest BCUT2D eigenvalue weighted by Gasteiger charge is -2.35. The van der Waals surface area contributed by atoms with E-state index in [1.807, 2.05) is 54.6 Å². The van der Waals surface area contributed by atoms with Crippen LogP contribution in [0.1, 0.15) is 22.6 Å². The number of hydrogen-bond acceptors (Lipinski definition) is 2. The maximum absolute atomic E-state index is 14.0. The van der Waals surface area contributed by atoms with Crippen LogP contribution in [0, 0.1) is 5.82 Å². The van der Waals surface area contributed by atoms with Crippen LogP contribution in [0.2, 0.25) is 0 Å². The lowest BCUT2D eigenvalue weighted by atomic mass is 9.83. The number of nitrogens with zero attached hydrogens (tertiary/aromatic N) is 1. The van der Waals surface area contributed by atoms with Crippen LogP contribution in [-0.4, -0.2) is 12.0 Å². The highest BCUT2D eigenvalue weighted by Crippen LogP contribution is 2.49. The fourth-order valence-electron chi connectivity index (χ4n) is 3.96. The van der Waals surface area contributed by atoms with Crippen LogP contribution in [0.3, 0.4) is 0 Å². The summed E-state index contributed by atoms with van der Waals surface area (Å²) in [5, 5.41) is 0. The average molecular weight is 345 g/mol. The standard InChI is InChI=1S/C22H16FNO2/c23-15-10-11-18-17(12-15)20-16-8-4-5-9-19(16)26-21(20)22(25)24(18)13-14-6-2-1-3-7-14/h1-12,20-21H,13H2/t20-,21+/m1/s1. The van der Waals surface area contributed by atoms with Gasteiger partial charge in [0.1, 0.15) is 11.6 Å². The van der Waals surface area contributed by atoms with Gasteiger partial charge >= 0.3 is 0 Å². The third-order valence-electron chi connectivity index (χ3n) is 5.12. The number of hydrogen-bond donors (Lipinski definition) is 0. The summed E-state index contributed by atoms with van der Waals surface area (Å²) in [6.07, 6.45) is -0.648. The van der Waals surface area contributed by atoms with Crippen molar-refractivity contribution in [2.24, 2.45) is 0 Å². The quantitative estimate of drug-likeness (QED) is 0.694. The molecule has 0 N–H and O–H groups in total. The zero-order valence-electron chi connectivity index (χ0n) is 13.9. The molecule has 0 unspecified atom stereocenters. The smallest absolute Gasteiger partial charge is 0.269 e. The molecule has 2 atom stereocenters. The fourth-order valence-corrected chi connectivity index (χ4v) is 3.96. The van der Waals surface area contributed by atoms with E-state index >= 15 is 0 Å². The lowest BCUT2D eigenvalue weighted by molar-refractivity contribution is -0.125. The van der Waals surface area contributed by atoms with Crippen molar-refractivity contribution >= 4 is 11.6 Å². The summed E-state index contributed by atoms with van der Waals surface area (Å²) in [6, 6.07) is 22.0. The van der Waals surface area contributed by atoms with Gasteiger partial charge in [-0.2, -0.15) is 0 Å². The molecular formula is C22H16FNO2. The van der Waals surface area contributed by atoms with Gasteiger partial charge in [0.05, 0.1) is 12.5 Å². The first-order valence-corrected chi connectivity index (χ1v) is 8.63. The Balaban J connectivity index is 1.65. The first-order valence-electron chi connectivity index (χ1n) is 8.63. The molecule has 0 bridgehead atoms. The van der Waals surface area contributed by atoms with Crippen LogP contribution >= 0.6 is 0 Å². The summed E-state index contributed by atoms with van der Waals surface area (Å²) in [4.78, 5) is 14.9. The SMILES string of the molecule is O=C1[C@H]2Oc3ccccc3[C@@H]2c2cc(F)ccc2N1Cc1ccccc1. The maximum atomic E-state index is 14.0. The molecule has 4 heteroatoms. The molecule has 2 aliphatic heterocycles. The first kappa shape index (κ1) is 15.1. The second-order valence-electron chi connectivity index (χ2n) is 6.67. The summed E-state index contributed by atoms with van der Waals surface area (Å²) in [7, 11) is 0. The Morgan fingerprint density at radius 2 is 1.69 bits per heavy atom. The molecule has 5 rings (SSSR count). The van der Waals surface area contributed by atoms with Crippen LogP contribution in [0.25, 0.3) is 0 Å². The van der Waals surface area contributed by atoms with Gasteiger partial charge in [0.2, 0.25) is 0 Å². The molecule has 0 aromatic heterocycles. The minimum absolute atomic E-state index is 0.0887. The molecule has 0 fully saturated rings. The average Bonchev–Trinajstić information content (AvgIpc) is 3.06. The summed E-state index contributed by atoms with van der Waals surface area (Å²) >= 11 is 0. The maximum Gasteiger partial charge on any atom is 0.269 e. The first-order chi connectivity index (χ1) is 12.7. The molecule has 1 amide bonds. The van der Waals surface area contributed by atoms with Crippen molar-refractivity contribution < 1.29 is 13.9 Å². The summed E-state index contributed by atoms with van der Waals surface area (Å²) in [6.45, 7) is 0.432. The van der Waals surface area contributed by atoms with Crippen molar-refractivity contribution in [3.63, 3.8) is 0 Å². The number of benzene rings is 3. The van der Waals surface area contributed by atoms with E-state index in [1.54, 1.807) is 11.0 Å². The molecule has 0 radical (unpaired) electrons. The molecule has 3 aromatic rings. The topological polar surface area (TPSA) is 29.5 Å². The molecule has 0 aliphatic carbocycles. The Kier molecular flexibility index (Phi) is 3.32. The van der Waals surface area contributed by atoms with Crippen molar-refractivity contribution in [1.29, 1.82) is 0 Å². The number of carbonyl (C=O) groups excluding carboxylic acids is 1. The van der Waals surface area contributed by atoms with Crippen LogP contribution in [-0.2, 0) is 11.3 Å². The van der Waals surface area contributed by atoms with E-state index in [-0.39, 0.29) is 17.6 Å². The molecule has 3 aromatic carbocycles. The highest BCUT2D eigenvalue weighted by molar-refractivity contribution is 6.02. The third-order valence-corrected chi connectivity index (χ3v) is 5.12. The van der Waals surface area contributed by atoms with E-state index in [4.69, 9.17) is 4.74 Å². The summed E-state index contributed by atoms with van der Waals surface area (Å²) < 4.78 is 20.0. The minimum atomic E-state index is -0.648. The number of anilines is 1. The van der Waals surface area contributed by atoms with E-state index < -0.39 is 6.10 Å². The number of carbonyl (C=O) groups is 1. The van der Waals surface area contributed by atoms with Gasteiger partial charge in [0.25, 0.3) is 5.91 Å². The van der Waals surface area contributed by atoms with Crippen molar-refractivity contribution in [2.45, 2.75) is 18.6 Å². The van der Waals surface area contributed by atoms with Gasteiger partial charge in [-0.3, -0.25) is 4.79 Å². The molecule has 3 nitrogen and oxygen atoms in total. The van der Waals surface area contributed by atoms with Gasteiger partial charge < -0.3 is 9.64 Å². The molecular weight excluding hydrogens is 329 g/mol. The summed E-state index contributed by atoms with van der Waals surface area (Å²) in [5.74, 6) is 0.0408. The Hall–Kier alpha value is -3.14. The van der Waals surface area contributed by atoms with Crippen LogP contribution in [0.4, 0.5) is 10.1 Å². The zero-order valence-corrected chi connectivity index (χ0v) is 13.9. The largest absolute Gasteiger partial charge is 0.479 e. The Morgan fingerprint density at radius 3 is 2.54 bits per heavy atom. The number of rotatable bonds is 2. The van der Waals surface area contributed by atoms with Crippen molar-refractivity contribution in [2.75, 3.05) is 4.90 Å². The van der Waals surface area contributed by atoms with Crippen LogP contribution < -0.4 is 9.64 Å². The van der Waals surface area contributed by atoms with Gasteiger partial charge in [-0.1, -0.05) is 48.5 Å². The molecule has 26 heavy (non-hydrogen) atoms. The number of ether oxygens (including phenoxy) is 1. The predicted molar refractivity (Wildman–Crippen MR) is 96.7 cm³/mol. The lowest BCUT2D eigenvalue weighted by Crippen LogP contribution is -2.47. The van der Waals surface area contributed by atoms with Crippen molar-refractivity contribution in [1.82, 2.24) is 0 Å². The normalized spacial score (nSPS) is 20.2. The van der Waals surface area contributed by atoms with Gasteiger partial charge in [-0.05, 0) is 35.4 Å². The van der Waals surface area contributed by atoms with E-state index in [0.717, 1.165) is 22.4 Å². The van der Waals surface area contributed by atoms with Crippen molar-refractivity contribution in [3.05, 3.63) is 95.3 Å². The summed E-state index contributed by atoms with van der Waals surface area (Å²) in [5.41, 5.74) is 3.51. The minimum Gasteiger partial charge on any atom is -0.479 e. The monoisotopic (exact) mass is 345 g/mol. The molecule has 0 saturated heterocycles. The number of amides is 1. The third kappa shape index (κ3) is 2.22. The predicted octanol–water partition coefficient (Wildman–Crippen LogP) is 4.27. The van der Waals surface area contributed by atoms with E-state index in [0.29, 0.717) is 12.3 Å². The molecule has 2 heterocycles. The van der Waals surface area contributed by atoms with Crippen molar-refractivity contribution in [3.8, 4) is 5.75 Å². The van der Waals surface area contributed by atoms with E-state index in [1.165, 1.54) is 12.1 Å². The Bertz CT molecular complexity index is 1000. The number of para-hydroxylation sites is 1. The molecule has 0 spiro atoms. The van der Waals surface area contributed by atoms with E-state index in [2.05, 4.69) is 0 Å². The van der Waals surface area contributed by atoms with Crippen LogP contribution in [0.5, 0.6) is 5.75 Å². The van der Waals surface area contributed by atoms with Crippen LogP contribution in [0.15, 0.2) is 72.8 Å². The second-order valence-corrected chi connectivity index (χ2v) is 6.67. The zero-order chi connectivity index (χ0) is 17.7. The molecule has 0 saturated carbocycles. The van der Waals surface area contributed by atoms with Gasteiger partial charge in [-0.15, -0.1) is 0 Å². The highest BCUT2D eigenvalue weighted by atomic mass is 19.1. The molecule has 128 valence electrons. The van der Waals surface area contributed by atoms with E-state index in [9.17, 15) is 9.18 Å². The Morgan fingerprint density at radius 1 is 0.923 bits per heavy atom. The second kappa shape index (κ2) is 5.70. The van der Waals surface area contributed by atoms with Gasteiger partial charge in [-0.25, -0.2) is 4.39 Å². The fraction of sp³-hybridized carbons (Fsp3) is 0.136.